The van der Waals surface area contributed by atoms with Crippen molar-refractivity contribution < 1.29 is 42.9 Å². The number of amides is 2. The second kappa shape index (κ2) is 10.5. The molecule has 0 saturated carbocycles. The lowest BCUT2D eigenvalue weighted by molar-refractivity contribution is 0.0657. The average molecular weight is 529 g/mol. The molecule has 0 radical (unpaired) electrons. The van der Waals surface area contributed by atoms with Crippen molar-refractivity contribution in [2.24, 2.45) is 0 Å². The molecule has 0 saturated heterocycles. The maximum Gasteiger partial charge on any atom is 0.346 e. The molecule has 2 heterocycles. The van der Waals surface area contributed by atoms with Gasteiger partial charge >= 0.3 is 18.0 Å². The molecule has 2 amide bonds. The van der Waals surface area contributed by atoms with Gasteiger partial charge in [-0.25, -0.2) is 23.2 Å². The van der Waals surface area contributed by atoms with Gasteiger partial charge in [-0.3, -0.25) is 4.98 Å². The van der Waals surface area contributed by atoms with Gasteiger partial charge in [0.05, 0.1) is 29.6 Å². The highest BCUT2D eigenvalue weighted by Gasteiger charge is 2.24. The number of fused-ring (bicyclic) bond motifs is 1. The lowest BCUT2D eigenvalue weighted by Gasteiger charge is -2.15. The van der Waals surface area contributed by atoms with Crippen molar-refractivity contribution in [1.29, 1.82) is 0 Å². The summed E-state index contributed by atoms with van der Waals surface area (Å²) in [4.78, 5) is 38.7. The van der Waals surface area contributed by atoms with Crippen molar-refractivity contribution in [3.05, 3.63) is 75.6 Å². The van der Waals surface area contributed by atoms with E-state index in [9.17, 15) is 28.3 Å². The van der Waals surface area contributed by atoms with Crippen molar-refractivity contribution in [3.8, 4) is 11.5 Å². The van der Waals surface area contributed by atoms with Gasteiger partial charge in [0.15, 0.2) is 17.3 Å². The molecule has 190 valence electrons. The summed E-state index contributed by atoms with van der Waals surface area (Å²) in [5.74, 6) is -4.57. The van der Waals surface area contributed by atoms with Crippen molar-refractivity contribution in [2.75, 3.05) is 17.7 Å². The smallest absolute Gasteiger partial charge is 0.346 e. The molecule has 4 rings (SSSR count). The standard InChI is InChI=1S/C24H17F2N3O7S/c1-35-17-8-15(28-24(34)29-16-10-37-21(23(32)33)19(16)22(30)31)14(26)7-18(17)36-9-12-13(25)5-4-11-3-2-6-27-20(11)12/h2-8,10H,9H2,1H3,(H,30,31)(H,32,33)(H2,28,29,34). The Bertz CT molecular complexity index is 1540. The number of aromatic nitrogens is 1. The number of carboxylic acid groups (broad SMARTS) is 2. The van der Waals surface area contributed by atoms with Crippen LogP contribution in [-0.2, 0) is 6.61 Å². The summed E-state index contributed by atoms with van der Waals surface area (Å²) in [6.45, 7) is -0.286. The van der Waals surface area contributed by atoms with Gasteiger partial charge < -0.3 is 30.3 Å². The minimum Gasteiger partial charge on any atom is -0.493 e. The molecule has 0 spiro atoms. The van der Waals surface area contributed by atoms with Crippen LogP contribution in [0.3, 0.4) is 0 Å². The molecule has 0 aliphatic heterocycles. The average Bonchev–Trinajstić information content (AvgIpc) is 3.29. The Morgan fingerprint density at radius 1 is 1.00 bits per heavy atom. The number of nitrogens with zero attached hydrogens (tertiary/aromatic N) is 1. The molecule has 2 aromatic carbocycles. The number of aromatic carboxylic acids is 2. The number of benzene rings is 2. The normalized spacial score (nSPS) is 10.7. The first-order chi connectivity index (χ1) is 17.7. The summed E-state index contributed by atoms with van der Waals surface area (Å²) in [7, 11) is 1.28. The van der Waals surface area contributed by atoms with Crippen LogP contribution in [0.1, 0.15) is 25.6 Å². The predicted molar refractivity (Wildman–Crippen MR) is 130 cm³/mol. The maximum atomic E-state index is 14.8. The first-order valence-electron chi connectivity index (χ1n) is 10.4. The van der Waals surface area contributed by atoms with E-state index in [4.69, 9.17) is 14.6 Å². The number of carbonyl (C=O) groups is 3. The van der Waals surface area contributed by atoms with Gasteiger partial charge in [0, 0.05) is 29.1 Å². The number of nitrogens with one attached hydrogen (secondary N) is 2. The number of pyridine rings is 1. The fourth-order valence-corrected chi connectivity index (χ4v) is 4.30. The second-order valence-electron chi connectivity index (χ2n) is 7.42. The second-order valence-corrected chi connectivity index (χ2v) is 8.30. The molecule has 13 heteroatoms. The molecule has 0 unspecified atom stereocenters. The van der Waals surface area contributed by atoms with Gasteiger partial charge in [0.25, 0.3) is 0 Å². The summed E-state index contributed by atoms with van der Waals surface area (Å²) >= 11 is 0.613. The van der Waals surface area contributed by atoms with Crippen LogP contribution in [0.4, 0.5) is 25.0 Å². The molecule has 2 aromatic heterocycles. The van der Waals surface area contributed by atoms with Crippen LogP contribution in [0.25, 0.3) is 10.9 Å². The van der Waals surface area contributed by atoms with Crippen LogP contribution >= 0.6 is 11.3 Å². The van der Waals surface area contributed by atoms with E-state index in [1.807, 2.05) is 0 Å². The highest BCUT2D eigenvalue weighted by molar-refractivity contribution is 7.13. The van der Waals surface area contributed by atoms with Crippen LogP contribution in [0, 0.1) is 11.6 Å². The number of ether oxygens (including phenoxy) is 2. The van der Waals surface area contributed by atoms with E-state index in [0.29, 0.717) is 22.2 Å². The molecule has 37 heavy (non-hydrogen) atoms. The topological polar surface area (TPSA) is 147 Å². The Morgan fingerprint density at radius 2 is 1.76 bits per heavy atom. The van der Waals surface area contributed by atoms with Crippen LogP contribution in [-0.4, -0.2) is 40.3 Å². The molecular formula is C24H17F2N3O7S. The Balaban J connectivity index is 1.53. The third kappa shape index (κ3) is 5.26. The number of urea groups is 1. The molecule has 0 fully saturated rings. The first-order valence-corrected chi connectivity index (χ1v) is 11.3. The minimum absolute atomic E-state index is 0.0141. The summed E-state index contributed by atoms with van der Waals surface area (Å²) in [5, 5.41) is 24.6. The molecular weight excluding hydrogens is 512 g/mol. The number of carboxylic acids is 2. The maximum absolute atomic E-state index is 14.8. The molecule has 0 bridgehead atoms. The monoisotopic (exact) mass is 529 g/mol. The fourth-order valence-electron chi connectivity index (χ4n) is 3.47. The van der Waals surface area contributed by atoms with E-state index in [1.54, 1.807) is 18.2 Å². The zero-order valence-corrected chi connectivity index (χ0v) is 19.7. The fraction of sp³-hybridized carbons (Fsp3) is 0.0833. The molecule has 4 N–H and O–H groups in total. The number of hydrogen-bond acceptors (Lipinski definition) is 7. The number of methoxy groups -OCH3 is 1. The van der Waals surface area contributed by atoms with Crippen LogP contribution in [0.2, 0.25) is 0 Å². The van der Waals surface area contributed by atoms with E-state index in [2.05, 4.69) is 15.6 Å². The Labute approximate surface area is 211 Å². The molecule has 4 aromatic rings. The van der Waals surface area contributed by atoms with Crippen molar-refractivity contribution >= 4 is 51.6 Å². The largest absolute Gasteiger partial charge is 0.493 e. The first kappa shape index (κ1) is 25.3. The molecule has 0 aliphatic carbocycles. The van der Waals surface area contributed by atoms with E-state index < -0.39 is 40.0 Å². The third-order valence-corrected chi connectivity index (χ3v) is 6.11. The number of hydrogen-bond donors (Lipinski definition) is 4. The summed E-state index contributed by atoms with van der Waals surface area (Å²) < 4.78 is 40.1. The highest BCUT2D eigenvalue weighted by atomic mass is 32.1. The van der Waals surface area contributed by atoms with Crippen LogP contribution in [0.5, 0.6) is 11.5 Å². The lowest BCUT2D eigenvalue weighted by atomic mass is 10.1. The number of anilines is 2. The molecule has 0 atom stereocenters. The van der Waals surface area contributed by atoms with Gasteiger partial charge in [-0.15, -0.1) is 11.3 Å². The van der Waals surface area contributed by atoms with Crippen LogP contribution in [0.15, 0.2) is 48.0 Å². The molecule has 10 nitrogen and oxygen atoms in total. The Morgan fingerprint density at radius 3 is 2.46 bits per heavy atom. The van der Waals surface area contributed by atoms with Crippen molar-refractivity contribution in [3.63, 3.8) is 0 Å². The number of halogens is 2. The number of carbonyl (C=O) groups excluding carboxylic acids is 1. The highest BCUT2D eigenvalue weighted by Crippen LogP contribution is 2.34. The zero-order valence-electron chi connectivity index (χ0n) is 18.9. The van der Waals surface area contributed by atoms with Crippen molar-refractivity contribution in [2.45, 2.75) is 6.61 Å². The summed E-state index contributed by atoms with van der Waals surface area (Å²) in [6.07, 6.45) is 1.51. The Kier molecular flexibility index (Phi) is 7.15. The number of thiophene rings is 1. The summed E-state index contributed by atoms with van der Waals surface area (Å²) in [5.41, 5.74) is -0.676. The van der Waals surface area contributed by atoms with E-state index in [-0.39, 0.29) is 35.0 Å². The van der Waals surface area contributed by atoms with E-state index in [0.717, 1.165) is 17.5 Å². The van der Waals surface area contributed by atoms with Gasteiger partial charge in [0.2, 0.25) is 0 Å². The zero-order chi connectivity index (χ0) is 26.7. The van der Waals surface area contributed by atoms with Gasteiger partial charge in [-0.1, -0.05) is 6.07 Å². The van der Waals surface area contributed by atoms with E-state index in [1.165, 1.54) is 19.4 Å². The SMILES string of the molecule is COc1cc(NC(=O)Nc2csc(C(=O)O)c2C(=O)O)c(F)cc1OCc1c(F)ccc2cccnc12. The van der Waals surface area contributed by atoms with Crippen molar-refractivity contribution in [1.82, 2.24) is 4.98 Å². The van der Waals surface area contributed by atoms with Gasteiger partial charge in [0.1, 0.15) is 22.9 Å². The predicted octanol–water partition coefficient (Wildman–Crippen LogP) is 5.20. The van der Waals surface area contributed by atoms with E-state index >= 15 is 0 Å². The van der Waals surface area contributed by atoms with Crippen LogP contribution < -0.4 is 20.1 Å². The van der Waals surface area contributed by atoms with Gasteiger partial charge in [-0.05, 0) is 18.2 Å². The quantitative estimate of drug-likeness (QED) is 0.243. The number of rotatable bonds is 8. The summed E-state index contributed by atoms with van der Waals surface area (Å²) in [6, 6.07) is 7.33. The minimum atomic E-state index is -1.55. The molecule has 0 aliphatic rings. The third-order valence-electron chi connectivity index (χ3n) is 5.14. The Hall–Kier alpha value is -4.78. The van der Waals surface area contributed by atoms with Gasteiger partial charge in [-0.2, -0.15) is 0 Å². The lowest BCUT2D eigenvalue weighted by Crippen LogP contribution is -2.21.